The summed E-state index contributed by atoms with van der Waals surface area (Å²) in [4.78, 5) is 6.45. The largest absolute Gasteiger partial charge is 0.507 e. The van der Waals surface area contributed by atoms with Gasteiger partial charge in [-0.3, -0.25) is 0 Å². The number of hydrogen-bond acceptors (Lipinski definition) is 4. The zero-order chi connectivity index (χ0) is 14.4. The van der Waals surface area contributed by atoms with Gasteiger partial charge in [-0.25, -0.2) is 0 Å². The van der Waals surface area contributed by atoms with Crippen LogP contribution in [0.4, 0.5) is 0 Å². The Kier molecular flexibility index (Phi) is 3.87. The molecule has 0 amide bonds. The fourth-order valence-electron chi connectivity index (χ4n) is 2.83. The number of phenols is 1. The highest BCUT2D eigenvalue weighted by Gasteiger charge is 2.36. The molecule has 0 aromatic heterocycles. The first-order valence-electron chi connectivity index (χ1n) is 6.58. The van der Waals surface area contributed by atoms with E-state index < -0.39 is 0 Å². The summed E-state index contributed by atoms with van der Waals surface area (Å²) in [5, 5.41) is 10.3. The van der Waals surface area contributed by atoms with Gasteiger partial charge in [0.15, 0.2) is 0 Å². The Morgan fingerprint density at radius 3 is 2.42 bits per heavy atom. The van der Waals surface area contributed by atoms with Crippen molar-refractivity contribution in [2.75, 3.05) is 7.11 Å². The van der Waals surface area contributed by atoms with E-state index in [0.29, 0.717) is 5.75 Å². The second-order valence-corrected chi connectivity index (χ2v) is 7.62. The zero-order valence-electron chi connectivity index (χ0n) is 12.5. The molecule has 2 N–H and O–H groups in total. The molecule has 0 aliphatic carbocycles. The summed E-state index contributed by atoms with van der Waals surface area (Å²) < 4.78 is 0.157. The van der Waals surface area contributed by atoms with Crippen molar-refractivity contribution in [3.63, 3.8) is 0 Å². The highest BCUT2D eigenvalue weighted by molar-refractivity contribution is 8.00. The first-order chi connectivity index (χ1) is 8.78. The number of phenolic OH excluding ortho intramolecular Hbond substituents is 1. The molecule has 106 valence electrons. The second kappa shape index (κ2) is 5.00. The lowest BCUT2D eigenvalue weighted by molar-refractivity contribution is 0.0534. The maximum atomic E-state index is 10.3. The van der Waals surface area contributed by atoms with Gasteiger partial charge in [-0.1, -0.05) is 13.8 Å². The number of hydroxylamine groups is 1. The first-order valence-corrected chi connectivity index (χ1v) is 7.40. The van der Waals surface area contributed by atoms with Gasteiger partial charge in [-0.15, -0.1) is 11.8 Å². The molecule has 1 aromatic rings. The fraction of sp³-hybridized carbons (Fsp3) is 0.600. The molecule has 0 fully saturated rings. The molecule has 19 heavy (non-hydrogen) atoms. The monoisotopic (exact) mass is 281 g/mol. The van der Waals surface area contributed by atoms with Crippen molar-refractivity contribution in [2.45, 2.75) is 56.7 Å². The number of fused-ring (bicyclic) bond motifs is 1. The Labute approximate surface area is 119 Å². The third-order valence-electron chi connectivity index (χ3n) is 3.94. The standard InChI is InChI=1S/C15H23NO2S/c1-8-9(2)14-12(10(3)13(8)17)11(16-18-6)7-15(4,5)19-14/h11,16-17H,7H2,1-6H3. The van der Waals surface area contributed by atoms with Crippen LogP contribution in [0.2, 0.25) is 0 Å². The Morgan fingerprint density at radius 2 is 1.84 bits per heavy atom. The average Bonchev–Trinajstić information content (AvgIpc) is 2.32. The van der Waals surface area contributed by atoms with Crippen LogP contribution in [0.5, 0.6) is 5.75 Å². The molecule has 0 saturated heterocycles. The highest BCUT2D eigenvalue weighted by Crippen LogP contribution is 2.52. The molecule has 1 aliphatic heterocycles. The summed E-state index contributed by atoms with van der Waals surface area (Å²) in [6, 6.07) is 0.126. The van der Waals surface area contributed by atoms with Gasteiger partial charge in [0.05, 0.1) is 13.2 Å². The van der Waals surface area contributed by atoms with Crippen LogP contribution < -0.4 is 5.48 Å². The van der Waals surface area contributed by atoms with Crippen molar-refractivity contribution in [1.82, 2.24) is 5.48 Å². The SMILES string of the molecule is CONC1CC(C)(C)Sc2c(C)c(C)c(O)c(C)c21. The minimum absolute atomic E-state index is 0.126. The predicted molar refractivity (Wildman–Crippen MR) is 79.8 cm³/mol. The Balaban J connectivity index is 2.66. The maximum absolute atomic E-state index is 10.3. The van der Waals surface area contributed by atoms with Gasteiger partial charge >= 0.3 is 0 Å². The lowest BCUT2D eigenvalue weighted by Gasteiger charge is -2.38. The van der Waals surface area contributed by atoms with Gasteiger partial charge in [-0.05, 0) is 49.4 Å². The molecule has 4 heteroatoms. The summed E-state index contributed by atoms with van der Waals surface area (Å²) in [5.74, 6) is 0.416. The quantitative estimate of drug-likeness (QED) is 0.809. The van der Waals surface area contributed by atoms with Gasteiger partial charge in [0.2, 0.25) is 0 Å². The Morgan fingerprint density at radius 1 is 1.21 bits per heavy atom. The van der Waals surface area contributed by atoms with E-state index in [4.69, 9.17) is 4.84 Å². The summed E-state index contributed by atoms with van der Waals surface area (Å²) in [6.07, 6.45) is 0.973. The molecule has 1 heterocycles. The van der Waals surface area contributed by atoms with Crippen molar-refractivity contribution >= 4 is 11.8 Å². The van der Waals surface area contributed by atoms with E-state index in [1.807, 2.05) is 25.6 Å². The van der Waals surface area contributed by atoms with E-state index in [9.17, 15) is 5.11 Å². The minimum Gasteiger partial charge on any atom is -0.507 e. The minimum atomic E-state index is 0.126. The summed E-state index contributed by atoms with van der Waals surface area (Å²) in [5.41, 5.74) is 7.40. The van der Waals surface area contributed by atoms with Crippen LogP contribution in [-0.4, -0.2) is 17.0 Å². The fourth-order valence-corrected chi connectivity index (χ4v) is 4.35. The molecule has 1 aliphatic rings. The van der Waals surface area contributed by atoms with Gasteiger partial charge in [0, 0.05) is 9.64 Å². The van der Waals surface area contributed by atoms with Crippen LogP contribution >= 0.6 is 11.8 Å². The molecular formula is C15H23NO2S. The van der Waals surface area contributed by atoms with E-state index in [0.717, 1.165) is 17.5 Å². The first kappa shape index (κ1) is 14.7. The maximum Gasteiger partial charge on any atom is 0.122 e. The van der Waals surface area contributed by atoms with E-state index in [1.165, 1.54) is 16.0 Å². The Hall–Kier alpha value is -0.710. The molecule has 3 nitrogen and oxygen atoms in total. The summed E-state index contributed by atoms with van der Waals surface area (Å²) >= 11 is 1.90. The normalized spacial score (nSPS) is 21.3. The van der Waals surface area contributed by atoms with Crippen LogP contribution in [0.15, 0.2) is 4.90 Å². The Bertz CT molecular complexity index is 512. The van der Waals surface area contributed by atoms with Crippen LogP contribution in [0.3, 0.4) is 0 Å². The van der Waals surface area contributed by atoms with E-state index >= 15 is 0 Å². The average molecular weight is 281 g/mol. The van der Waals surface area contributed by atoms with Gasteiger partial charge in [-0.2, -0.15) is 5.48 Å². The third-order valence-corrected chi connectivity index (χ3v) is 5.39. The van der Waals surface area contributed by atoms with E-state index in [2.05, 4.69) is 26.3 Å². The van der Waals surface area contributed by atoms with E-state index in [1.54, 1.807) is 7.11 Å². The van der Waals surface area contributed by atoms with Crippen LogP contribution in [0.25, 0.3) is 0 Å². The molecular weight excluding hydrogens is 258 g/mol. The van der Waals surface area contributed by atoms with Crippen molar-refractivity contribution < 1.29 is 9.94 Å². The third kappa shape index (κ3) is 2.49. The van der Waals surface area contributed by atoms with E-state index in [-0.39, 0.29) is 10.8 Å². The number of aromatic hydroxyl groups is 1. The topological polar surface area (TPSA) is 41.5 Å². The smallest absolute Gasteiger partial charge is 0.122 e. The molecule has 0 saturated carbocycles. The molecule has 1 aromatic carbocycles. The van der Waals surface area contributed by atoms with Gasteiger partial charge < -0.3 is 9.94 Å². The number of nitrogens with one attached hydrogen (secondary N) is 1. The van der Waals surface area contributed by atoms with Crippen molar-refractivity contribution in [1.29, 1.82) is 0 Å². The molecule has 2 rings (SSSR count). The van der Waals surface area contributed by atoms with Crippen LogP contribution in [-0.2, 0) is 4.84 Å². The highest BCUT2D eigenvalue weighted by atomic mass is 32.2. The number of rotatable bonds is 2. The summed E-state index contributed by atoms with van der Waals surface area (Å²) in [6.45, 7) is 10.6. The molecule has 1 atom stereocenters. The molecule has 0 bridgehead atoms. The summed E-state index contributed by atoms with van der Waals surface area (Å²) in [7, 11) is 1.64. The lowest BCUT2D eigenvalue weighted by Crippen LogP contribution is -2.33. The molecule has 0 spiro atoms. The number of thioether (sulfide) groups is 1. The number of hydrogen-bond donors (Lipinski definition) is 2. The lowest BCUT2D eigenvalue weighted by atomic mass is 9.89. The predicted octanol–water partition coefficient (Wildman–Crippen LogP) is 3.78. The number of benzene rings is 1. The van der Waals surface area contributed by atoms with Crippen LogP contribution in [0, 0.1) is 20.8 Å². The second-order valence-electron chi connectivity index (χ2n) is 5.91. The van der Waals surface area contributed by atoms with Crippen molar-refractivity contribution in [3.05, 3.63) is 22.3 Å². The van der Waals surface area contributed by atoms with Gasteiger partial charge in [0.1, 0.15) is 5.75 Å². The zero-order valence-corrected chi connectivity index (χ0v) is 13.4. The molecule has 0 radical (unpaired) electrons. The van der Waals surface area contributed by atoms with Crippen LogP contribution in [0.1, 0.15) is 48.6 Å². The van der Waals surface area contributed by atoms with Crippen molar-refractivity contribution in [2.24, 2.45) is 0 Å². The van der Waals surface area contributed by atoms with Crippen molar-refractivity contribution in [3.8, 4) is 5.75 Å². The molecule has 1 unspecified atom stereocenters. The van der Waals surface area contributed by atoms with Gasteiger partial charge in [0.25, 0.3) is 0 Å².